The zero-order valence-electron chi connectivity index (χ0n) is 17.2. The topological polar surface area (TPSA) is 122 Å². The largest absolute Gasteiger partial charge is 0.464 e. The summed E-state index contributed by atoms with van der Waals surface area (Å²) in [7, 11) is 0. The van der Waals surface area contributed by atoms with Crippen molar-refractivity contribution in [1.29, 1.82) is 0 Å². The Bertz CT molecular complexity index is 1510. The minimum atomic E-state index is -0.551. The monoisotopic (exact) mass is 464 g/mol. The second-order valence-corrected chi connectivity index (χ2v) is 8.27. The number of nitrogens with zero attached hydrogens (tertiary/aromatic N) is 3. The molecule has 1 aliphatic heterocycles. The Hall–Kier alpha value is -3.82. The normalized spacial score (nSPS) is 13.7. The molecule has 9 nitrogen and oxygen atoms in total. The van der Waals surface area contributed by atoms with E-state index in [1.165, 1.54) is 24.5 Å². The van der Waals surface area contributed by atoms with E-state index >= 15 is 0 Å². The molecular weight excluding hydrogens is 448 g/mol. The van der Waals surface area contributed by atoms with Gasteiger partial charge in [0.2, 0.25) is 0 Å². The summed E-state index contributed by atoms with van der Waals surface area (Å²) in [6, 6.07) is 11.0. The van der Waals surface area contributed by atoms with Crippen molar-refractivity contribution in [3.05, 3.63) is 101 Å². The van der Waals surface area contributed by atoms with Gasteiger partial charge >= 0.3 is 0 Å². The maximum Gasteiger partial charge on any atom is 0.270 e. The third kappa shape index (κ3) is 4.04. The second kappa shape index (κ2) is 8.27. The number of hydrogen-bond acceptors (Lipinski definition) is 7. The van der Waals surface area contributed by atoms with Crippen LogP contribution < -0.4 is 11.0 Å². The van der Waals surface area contributed by atoms with Crippen molar-refractivity contribution >= 4 is 28.3 Å². The van der Waals surface area contributed by atoms with E-state index < -0.39 is 4.92 Å². The highest BCUT2D eigenvalue weighted by molar-refractivity contribution is 6.30. The molecule has 0 saturated heterocycles. The Labute approximate surface area is 191 Å². The first-order chi connectivity index (χ1) is 15.9. The SMILES string of the molecule is O=c1[nH]c(-c2ccc(Cl)cc2)nc2c1CN(Cc1coc3ccc([N+](=O)[O-])cc3c1=O)CC2. The number of nitro benzene ring substituents is 1. The van der Waals surface area contributed by atoms with Crippen LogP contribution in [-0.2, 0) is 19.5 Å². The Morgan fingerprint density at radius 1 is 1.18 bits per heavy atom. The van der Waals surface area contributed by atoms with Crippen LogP contribution in [0.2, 0.25) is 5.02 Å². The highest BCUT2D eigenvalue weighted by Crippen LogP contribution is 2.22. The van der Waals surface area contributed by atoms with Gasteiger partial charge in [-0.3, -0.25) is 24.6 Å². The molecule has 0 spiro atoms. The average Bonchev–Trinajstić information content (AvgIpc) is 2.81. The van der Waals surface area contributed by atoms with E-state index in [-0.39, 0.29) is 34.2 Å². The summed E-state index contributed by atoms with van der Waals surface area (Å²) >= 11 is 5.94. The number of hydrogen-bond donors (Lipinski definition) is 1. The van der Waals surface area contributed by atoms with Crippen molar-refractivity contribution in [3.8, 4) is 11.4 Å². The lowest BCUT2D eigenvalue weighted by atomic mass is 10.1. The molecule has 10 heteroatoms. The molecule has 0 unspecified atom stereocenters. The fraction of sp³-hybridized carbons (Fsp3) is 0.174. The molecule has 0 bridgehead atoms. The predicted octanol–water partition coefficient (Wildman–Crippen LogP) is 3.66. The first-order valence-electron chi connectivity index (χ1n) is 10.2. The van der Waals surface area contributed by atoms with E-state index in [1.807, 2.05) is 4.90 Å². The van der Waals surface area contributed by atoms with Gasteiger partial charge in [-0.1, -0.05) is 11.6 Å². The molecule has 1 aliphatic rings. The Kier molecular flexibility index (Phi) is 5.27. The molecule has 2 aromatic heterocycles. The van der Waals surface area contributed by atoms with E-state index in [0.717, 1.165) is 11.3 Å². The zero-order valence-corrected chi connectivity index (χ0v) is 18.0. The van der Waals surface area contributed by atoms with E-state index in [4.69, 9.17) is 16.0 Å². The third-order valence-corrected chi connectivity index (χ3v) is 5.95. The van der Waals surface area contributed by atoms with Crippen LogP contribution in [0.3, 0.4) is 0 Å². The molecule has 1 N–H and O–H groups in total. The molecular formula is C23H17ClN4O5. The molecule has 3 heterocycles. The maximum atomic E-state index is 12.9. The van der Waals surface area contributed by atoms with E-state index in [2.05, 4.69) is 9.97 Å². The number of non-ortho nitro benzene ring substituents is 1. The summed E-state index contributed by atoms with van der Waals surface area (Å²) in [4.78, 5) is 45.6. The minimum absolute atomic E-state index is 0.159. The highest BCUT2D eigenvalue weighted by Gasteiger charge is 2.23. The standard InChI is InChI=1S/C23H17ClN4O5/c24-15-3-1-13(2-4-15)22-25-19-7-8-27(11-18(19)23(30)26-22)10-14-12-33-20-6-5-16(28(31)32)9-17(20)21(14)29/h1-6,9,12H,7-8,10-11H2,(H,25,26,30). The van der Waals surface area contributed by atoms with Crippen molar-refractivity contribution in [2.45, 2.75) is 19.5 Å². The molecule has 0 atom stereocenters. The number of aromatic nitrogens is 2. The average molecular weight is 465 g/mol. The minimum Gasteiger partial charge on any atom is -0.464 e. The summed E-state index contributed by atoms with van der Waals surface area (Å²) in [5, 5.41) is 11.8. The zero-order chi connectivity index (χ0) is 23.1. The molecule has 0 aliphatic carbocycles. The van der Waals surface area contributed by atoms with Gasteiger partial charge in [0.15, 0.2) is 5.43 Å². The van der Waals surface area contributed by atoms with Gasteiger partial charge in [0.1, 0.15) is 11.4 Å². The van der Waals surface area contributed by atoms with E-state index in [9.17, 15) is 19.7 Å². The maximum absolute atomic E-state index is 12.9. The summed E-state index contributed by atoms with van der Waals surface area (Å²) in [5.41, 5.74) is 1.98. The second-order valence-electron chi connectivity index (χ2n) is 7.83. The molecule has 0 amide bonds. The molecule has 0 radical (unpaired) electrons. The van der Waals surface area contributed by atoms with Gasteiger partial charge < -0.3 is 9.40 Å². The van der Waals surface area contributed by atoms with Gasteiger partial charge in [0.25, 0.3) is 11.2 Å². The van der Waals surface area contributed by atoms with E-state index in [0.29, 0.717) is 41.5 Å². The van der Waals surface area contributed by atoms with Crippen molar-refractivity contribution < 1.29 is 9.34 Å². The van der Waals surface area contributed by atoms with Crippen LogP contribution in [0.4, 0.5) is 5.69 Å². The number of benzene rings is 2. The van der Waals surface area contributed by atoms with Crippen LogP contribution in [0.5, 0.6) is 0 Å². The lowest BCUT2D eigenvalue weighted by Crippen LogP contribution is -2.36. The summed E-state index contributed by atoms with van der Waals surface area (Å²) in [5.74, 6) is 0.487. The molecule has 4 aromatic rings. The van der Waals surface area contributed by atoms with Gasteiger partial charge in [0.05, 0.1) is 27.8 Å². The summed E-state index contributed by atoms with van der Waals surface area (Å²) in [6.07, 6.45) is 1.92. The number of rotatable bonds is 4. The van der Waals surface area contributed by atoms with Crippen LogP contribution in [0.1, 0.15) is 16.8 Å². The molecule has 5 rings (SSSR count). The van der Waals surface area contributed by atoms with Crippen LogP contribution >= 0.6 is 11.6 Å². The summed E-state index contributed by atoms with van der Waals surface area (Å²) in [6.45, 7) is 1.17. The fourth-order valence-corrected chi connectivity index (χ4v) is 4.11. The van der Waals surface area contributed by atoms with Crippen LogP contribution in [0.15, 0.2) is 62.7 Å². The Balaban J connectivity index is 1.42. The fourth-order valence-electron chi connectivity index (χ4n) is 3.98. The summed E-state index contributed by atoms with van der Waals surface area (Å²) < 4.78 is 5.53. The number of H-pyrrole nitrogens is 1. The molecule has 0 saturated carbocycles. The lowest BCUT2D eigenvalue weighted by molar-refractivity contribution is -0.384. The van der Waals surface area contributed by atoms with Gasteiger partial charge in [-0.15, -0.1) is 0 Å². The van der Waals surface area contributed by atoms with Crippen LogP contribution in [0.25, 0.3) is 22.4 Å². The molecule has 166 valence electrons. The van der Waals surface area contributed by atoms with Gasteiger partial charge in [0, 0.05) is 54.3 Å². The smallest absolute Gasteiger partial charge is 0.270 e. The van der Waals surface area contributed by atoms with Crippen molar-refractivity contribution in [3.63, 3.8) is 0 Å². The Morgan fingerprint density at radius 3 is 2.73 bits per heavy atom. The quantitative estimate of drug-likeness (QED) is 0.361. The Morgan fingerprint density at radius 2 is 1.97 bits per heavy atom. The predicted molar refractivity (Wildman–Crippen MR) is 122 cm³/mol. The number of aromatic amines is 1. The lowest BCUT2D eigenvalue weighted by Gasteiger charge is -2.27. The van der Waals surface area contributed by atoms with Crippen molar-refractivity contribution in [1.82, 2.24) is 14.9 Å². The third-order valence-electron chi connectivity index (χ3n) is 5.70. The number of nitro groups is 1. The van der Waals surface area contributed by atoms with Crippen LogP contribution in [-0.4, -0.2) is 26.3 Å². The first kappa shape index (κ1) is 21.0. The van der Waals surface area contributed by atoms with Gasteiger partial charge in [-0.2, -0.15) is 0 Å². The molecule has 0 fully saturated rings. The first-order valence-corrected chi connectivity index (χ1v) is 10.6. The number of nitrogens with one attached hydrogen (secondary N) is 1. The number of halogens is 1. The number of fused-ring (bicyclic) bond motifs is 2. The molecule has 33 heavy (non-hydrogen) atoms. The van der Waals surface area contributed by atoms with E-state index in [1.54, 1.807) is 24.3 Å². The van der Waals surface area contributed by atoms with Crippen LogP contribution in [0, 0.1) is 10.1 Å². The molecule has 2 aromatic carbocycles. The highest BCUT2D eigenvalue weighted by atomic mass is 35.5. The van der Waals surface area contributed by atoms with Gasteiger partial charge in [-0.05, 0) is 30.3 Å². The van der Waals surface area contributed by atoms with Gasteiger partial charge in [-0.25, -0.2) is 4.98 Å². The van der Waals surface area contributed by atoms with Crippen molar-refractivity contribution in [2.75, 3.05) is 6.54 Å². The van der Waals surface area contributed by atoms with Crippen molar-refractivity contribution in [2.24, 2.45) is 0 Å².